The molecule has 0 spiro atoms. The number of nitrogen functional groups attached to an aromatic ring is 1. The number of halogens is 1. The number of alkyl halides is 1. The number of unbranched alkanes of at least 4 members (excludes halogenated alkanes) is 1. The molecule has 7 heteroatoms. The molecule has 0 fully saturated rings. The lowest BCUT2D eigenvalue weighted by Crippen LogP contribution is -2.22. The molecule has 0 saturated carbocycles. The molecule has 2 aromatic carbocycles. The number of aromatic nitrogens is 3. The molecule has 30 heavy (non-hydrogen) atoms. The van der Waals surface area contributed by atoms with Gasteiger partial charge in [0.25, 0.3) is 5.56 Å². The van der Waals surface area contributed by atoms with E-state index in [0.29, 0.717) is 29.1 Å². The molecule has 0 aliphatic carbocycles. The second-order valence-electron chi connectivity index (χ2n) is 7.28. The van der Waals surface area contributed by atoms with Crippen LogP contribution >= 0.6 is 11.6 Å². The summed E-state index contributed by atoms with van der Waals surface area (Å²) in [4.78, 5) is 21.9. The summed E-state index contributed by atoms with van der Waals surface area (Å²) in [5.41, 5.74) is 8.38. The van der Waals surface area contributed by atoms with Crippen molar-refractivity contribution in [1.29, 1.82) is 0 Å². The second-order valence-corrected chi connectivity index (χ2v) is 7.55. The van der Waals surface area contributed by atoms with E-state index in [1.54, 1.807) is 10.8 Å². The summed E-state index contributed by atoms with van der Waals surface area (Å²) in [6.45, 7) is 3.28. The molecule has 4 aromatic rings. The van der Waals surface area contributed by atoms with E-state index in [0.717, 1.165) is 41.3 Å². The molecule has 2 aromatic heterocycles. The minimum atomic E-state index is -0.142. The van der Waals surface area contributed by atoms with Crippen LogP contribution in [-0.4, -0.2) is 21.1 Å². The van der Waals surface area contributed by atoms with Gasteiger partial charge in [0.15, 0.2) is 0 Å². The number of hydrogen-bond donors (Lipinski definition) is 2. The predicted octanol–water partition coefficient (Wildman–Crippen LogP) is 4.53. The van der Waals surface area contributed by atoms with Gasteiger partial charge in [0.2, 0.25) is 5.95 Å². The van der Waals surface area contributed by atoms with Crippen molar-refractivity contribution in [1.82, 2.24) is 14.5 Å². The molecule has 154 valence electrons. The van der Waals surface area contributed by atoms with Crippen LogP contribution in [0.2, 0.25) is 0 Å². The average molecular weight is 422 g/mol. The maximum atomic E-state index is 13.3. The van der Waals surface area contributed by atoms with Crippen molar-refractivity contribution in [2.75, 3.05) is 17.6 Å². The summed E-state index contributed by atoms with van der Waals surface area (Å²) >= 11 is 6.11. The van der Waals surface area contributed by atoms with Gasteiger partial charge < -0.3 is 15.6 Å². The SMILES string of the molecule is CCCCNc1nc(N)nc2ccn(Cc3ccc(CCl)c4ccccc34)c(=O)c12. The molecule has 6 nitrogen and oxygen atoms in total. The third kappa shape index (κ3) is 3.83. The van der Waals surface area contributed by atoms with E-state index >= 15 is 0 Å². The summed E-state index contributed by atoms with van der Waals surface area (Å²) in [6.07, 6.45) is 3.78. The highest BCUT2D eigenvalue weighted by molar-refractivity contribution is 6.18. The largest absolute Gasteiger partial charge is 0.369 e. The van der Waals surface area contributed by atoms with Gasteiger partial charge in [0.1, 0.15) is 11.2 Å². The fourth-order valence-electron chi connectivity index (χ4n) is 3.70. The van der Waals surface area contributed by atoms with Crippen molar-refractivity contribution < 1.29 is 0 Å². The molecular weight excluding hydrogens is 398 g/mol. The number of rotatable bonds is 7. The van der Waals surface area contributed by atoms with Gasteiger partial charge in [0.05, 0.1) is 12.1 Å². The molecule has 0 atom stereocenters. The fourth-order valence-corrected chi connectivity index (χ4v) is 3.93. The van der Waals surface area contributed by atoms with E-state index < -0.39 is 0 Å². The van der Waals surface area contributed by atoms with E-state index in [-0.39, 0.29) is 11.5 Å². The highest BCUT2D eigenvalue weighted by Crippen LogP contribution is 2.25. The van der Waals surface area contributed by atoms with Crippen LogP contribution in [0, 0.1) is 0 Å². The zero-order valence-electron chi connectivity index (χ0n) is 16.9. The number of anilines is 2. The van der Waals surface area contributed by atoms with Gasteiger partial charge in [-0.15, -0.1) is 11.6 Å². The Bertz CT molecular complexity index is 1270. The summed E-state index contributed by atoms with van der Waals surface area (Å²) in [7, 11) is 0. The Morgan fingerprint density at radius 3 is 2.53 bits per heavy atom. The first-order chi connectivity index (χ1) is 14.6. The lowest BCUT2D eigenvalue weighted by Gasteiger charge is -2.13. The first-order valence-corrected chi connectivity index (χ1v) is 10.6. The van der Waals surface area contributed by atoms with E-state index in [1.807, 2.05) is 30.3 Å². The number of benzene rings is 2. The number of nitrogens with one attached hydrogen (secondary N) is 1. The first kappa shape index (κ1) is 20.2. The minimum absolute atomic E-state index is 0.142. The Balaban J connectivity index is 1.80. The third-order valence-electron chi connectivity index (χ3n) is 5.25. The summed E-state index contributed by atoms with van der Waals surface area (Å²) < 4.78 is 1.69. The van der Waals surface area contributed by atoms with Crippen molar-refractivity contribution >= 4 is 45.0 Å². The molecule has 0 aliphatic rings. The number of pyridine rings is 1. The van der Waals surface area contributed by atoms with E-state index in [2.05, 4.69) is 34.3 Å². The second kappa shape index (κ2) is 8.71. The molecule has 3 N–H and O–H groups in total. The summed E-state index contributed by atoms with van der Waals surface area (Å²) in [6, 6.07) is 14.0. The molecule has 0 saturated heterocycles. The topological polar surface area (TPSA) is 85.8 Å². The molecule has 0 radical (unpaired) electrons. The number of nitrogens with zero attached hydrogens (tertiary/aromatic N) is 3. The Morgan fingerprint density at radius 2 is 1.80 bits per heavy atom. The monoisotopic (exact) mass is 421 g/mol. The first-order valence-electron chi connectivity index (χ1n) is 10.1. The quantitative estimate of drug-likeness (QED) is 0.338. The van der Waals surface area contributed by atoms with Crippen molar-refractivity contribution in [3.63, 3.8) is 0 Å². The van der Waals surface area contributed by atoms with Crippen LogP contribution < -0.4 is 16.6 Å². The van der Waals surface area contributed by atoms with Gasteiger partial charge in [-0.3, -0.25) is 4.79 Å². The highest BCUT2D eigenvalue weighted by Gasteiger charge is 2.13. The average Bonchev–Trinajstić information content (AvgIpc) is 2.75. The van der Waals surface area contributed by atoms with Crippen molar-refractivity contribution in [3.05, 3.63) is 70.1 Å². The number of nitrogens with two attached hydrogens (primary N) is 1. The number of hydrogen-bond acceptors (Lipinski definition) is 5. The van der Waals surface area contributed by atoms with Gasteiger partial charge in [-0.05, 0) is 34.4 Å². The van der Waals surface area contributed by atoms with E-state index in [9.17, 15) is 4.79 Å². The van der Waals surface area contributed by atoms with Crippen LogP contribution in [0.15, 0.2) is 53.5 Å². The molecule has 4 rings (SSSR count). The van der Waals surface area contributed by atoms with Gasteiger partial charge in [-0.1, -0.05) is 49.7 Å². The van der Waals surface area contributed by atoms with Crippen LogP contribution in [0.3, 0.4) is 0 Å². The Morgan fingerprint density at radius 1 is 1.07 bits per heavy atom. The lowest BCUT2D eigenvalue weighted by atomic mass is 10.00. The van der Waals surface area contributed by atoms with Crippen molar-refractivity contribution in [2.45, 2.75) is 32.2 Å². The maximum Gasteiger partial charge on any atom is 0.264 e. The Hall–Kier alpha value is -3.12. The van der Waals surface area contributed by atoms with Crippen LogP contribution in [0.5, 0.6) is 0 Å². The predicted molar refractivity (Wildman–Crippen MR) is 124 cm³/mol. The van der Waals surface area contributed by atoms with E-state index in [1.165, 1.54) is 0 Å². The van der Waals surface area contributed by atoms with Gasteiger partial charge in [-0.2, -0.15) is 4.98 Å². The molecule has 0 unspecified atom stereocenters. The zero-order valence-corrected chi connectivity index (χ0v) is 17.6. The van der Waals surface area contributed by atoms with Crippen LogP contribution in [0.4, 0.5) is 11.8 Å². The summed E-state index contributed by atoms with van der Waals surface area (Å²) in [5.74, 6) is 1.09. The normalized spacial score (nSPS) is 11.3. The smallest absolute Gasteiger partial charge is 0.264 e. The van der Waals surface area contributed by atoms with Gasteiger partial charge in [0, 0.05) is 18.6 Å². The number of fused-ring (bicyclic) bond motifs is 2. The third-order valence-corrected chi connectivity index (χ3v) is 5.54. The Labute approximate surface area is 179 Å². The van der Waals surface area contributed by atoms with Crippen LogP contribution in [0.1, 0.15) is 30.9 Å². The van der Waals surface area contributed by atoms with Crippen LogP contribution in [-0.2, 0) is 12.4 Å². The zero-order chi connectivity index (χ0) is 21.1. The molecule has 0 bridgehead atoms. The van der Waals surface area contributed by atoms with Gasteiger partial charge in [-0.25, -0.2) is 4.98 Å². The Kier molecular flexibility index (Phi) is 5.86. The molecule has 0 aliphatic heterocycles. The highest BCUT2D eigenvalue weighted by atomic mass is 35.5. The summed E-state index contributed by atoms with van der Waals surface area (Å²) in [5, 5.41) is 5.91. The fraction of sp³-hybridized carbons (Fsp3) is 0.261. The van der Waals surface area contributed by atoms with Crippen molar-refractivity contribution in [3.8, 4) is 0 Å². The standard InChI is InChI=1S/C23H24ClN5O/c1-2-3-11-26-21-20-19(27-23(25)28-21)10-12-29(22(20)30)14-16-9-8-15(13-24)17-6-4-5-7-18(16)17/h4-10,12H,2-3,11,13-14H2,1H3,(H3,25,26,27,28). The van der Waals surface area contributed by atoms with Crippen molar-refractivity contribution in [2.24, 2.45) is 0 Å². The van der Waals surface area contributed by atoms with Gasteiger partial charge >= 0.3 is 0 Å². The molecular formula is C23H24ClN5O. The van der Waals surface area contributed by atoms with E-state index in [4.69, 9.17) is 17.3 Å². The molecule has 2 heterocycles. The minimum Gasteiger partial charge on any atom is -0.369 e. The molecule has 0 amide bonds. The maximum absolute atomic E-state index is 13.3. The lowest BCUT2D eigenvalue weighted by molar-refractivity contribution is 0.771. The van der Waals surface area contributed by atoms with Crippen LogP contribution in [0.25, 0.3) is 21.7 Å².